The molecule has 0 radical (unpaired) electrons. The molecule has 0 atom stereocenters. The van der Waals surface area contributed by atoms with Gasteiger partial charge in [0, 0.05) is 5.56 Å². The van der Waals surface area contributed by atoms with Crippen molar-refractivity contribution < 1.29 is 27.8 Å². The maximum atomic E-state index is 13.8. The summed E-state index contributed by atoms with van der Waals surface area (Å²) in [7, 11) is 1.18. The number of methoxy groups -OCH3 is 1. The van der Waals surface area contributed by atoms with Crippen molar-refractivity contribution in [2.45, 2.75) is 33.3 Å². The van der Waals surface area contributed by atoms with Crippen molar-refractivity contribution >= 4 is 11.8 Å². The lowest BCUT2D eigenvalue weighted by Crippen LogP contribution is -2.43. The number of ether oxygens (including phenoxy) is 2. The number of carbonyl (C=O) groups is 2. The van der Waals surface area contributed by atoms with Crippen LogP contribution in [-0.2, 0) is 24.2 Å². The van der Waals surface area contributed by atoms with E-state index in [0.29, 0.717) is 29.3 Å². The number of halogens is 2. The van der Waals surface area contributed by atoms with E-state index >= 15 is 0 Å². The van der Waals surface area contributed by atoms with E-state index in [1.807, 2.05) is 44.2 Å². The Bertz CT molecular complexity index is 1200. The highest BCUT2D eigenvalue weighted by molar-refractivity contribution is 6.05. The molecule has 0 saturated heterocycles. The predicted molar refractivity (Wildman–Crippen MR) is 123 cm³/mol. The molecular weight excluding hydrogens is 442 g/mol. The second-order valence-electron chi connectivity index (χ2n) is 7.68. The second kappa shape index (κ2) is 10.9. The van der Waals surface area contributed by atoms with Gasteiger partial charge in [0.15, 0.2) is 11.6 Å². The van der Waals surface area contributed by atoms with Crippen LogP contribution in [0, 0.1) is 18.6 Å². The van der Waals surface area contributed by atoms with Gasteiger partial charge in [0.05, 0.1) is 13.5 Å². The molecule has 0 unspecified atom stereocenters. The number of benzene rings is 3. The molecule has 6 nitrogen and oxygen atoms in total. The minimum absolute atomic E-state index is 0.126. The SMILES string of the molecule is CCc1c(C(=O)N(N)C(=O)Cc2cc(F)c(F)c(OC)c2)ccc(OCc2ccccc2)c1C. The molecule has 0 saturated carbocycles. The van der Waals surface area contributed by atoms with Crippen LogP contribution in [0.25, 0.3) is 0 Å². The van der Waals surface area contributed by atoms with Gasteiger partial charge < -0.3 is 9.47 Å². The Morgan fingerprint density at radius 3 is 2.35 bits per heavy atom. The normalized spacial score (nSPS) is 10.6. The number of nitrogens with zero attached hydrogens (tertiary/aromatic N) is 1. The van der Waals surface area contributed by atoms with Crippen molar-refractivity contribution in [2.24, 2.45) is 5.84 Å². The van der Waals surface area contributed by atoms with Crippen molar-refractivity contribution in [1.29, 1.82) is 0 Å². The molecule has 2 N–H and O–H groups in total. The first-order valence-corrected chi connectivity index (χ1v) is 10.7. The Labute approximate surface area is 196 Å². The molecule has 0 aromatic heterocycles. The van der Waals surface area contributed by atoms with Crippen molar-refractivity contribution in [3.63, 3.8) is 0 Å². The molecule has 0 aliphatic rings. The van der Waals surface area contributed by atoms with Gasteiger partial charge in [0.25, 0.3) is 5.91 Å². The second-order valence-corrected chi connectivity index (χ2v) is 7.68. The smallest absolute Gasteiger partial charge is 0.275 e. The lowest BCUT2D eigenvalue weighted by Gasteiger charge is -2.20. The van der Waals surface area contributed by atoms with Crippen LogP contribution < -0.4 is 15.3 Å². The van der Waals surface area contributed by atoms with E-state index in [4.69, 9.17) is 15.3 Å². The van der Waals surface area contributed by atoms with Gasteiger partial charge in [-0.2, -0.15) is 4.39 Å². The van der Waals surface area contributed by atoms with E-state index in [1.165, 1.54) is 13.2 Å². The zero-order chi connectivity index (χ0) is 24.8. The Hall–Kier alpha value is -3.78. The summed E-state index contributed by atoms with van der Waals surface area (Å²) in [4.78, 5) is 25.7. The molecule has 0 fully saturated rings. The van der Waals surface area contributed by atoms with Crippen LogP contribution in [0.5, 0.6) is 11.5 Å². The number of hydrogen-bond donors (Lipinski definition) is 1. The Kier molecular flexibility index (Phi) is 7.96. The highest BCUT2D eigenvalue weighted by Crippen LogP contribution is 2.27. The predicted octanol–water partition coefficient (Wildman–Crippen LogP) is 4.51. The van der Waals surface area contributed by atoms with Crippen molar-refractivity contribution in [3.05, 3.63) is 94.0 Å². The molecule has 0 bridgehead atoms. The third-order valence-corrected chi connectivity index (χ3v) is 5.49. The first-order valence-electron chi connectivity index (χ1n) is 10.7. The minimum Gasteiger partial charge on any atom is -0.494 e. The summed E-state index contributed by atoms with van der Waals surface area (Å²) in [5.41, 5.74) is 2.88. The summed E-state index contributed by atoms with van der Waals surface area (Å²) in [5.74, 6) is 2.32. The summed E-state index contributed by atoms with van der Waals surface area (Å²) in [6, 6.07) is 15.0. The van der Waals surface area contributed by atoms with Crippen molar-refractivity contribution in [2.75, 3.05) is 7.11 Å². The summed E-state index contributed by atoms with van der Waals surface area (Å²) in [6.07, 6.45) is 0.104. The third kappa shape index (κ3) is 5.40. The van der Waals surface area contributed by atoms with Crippen LogP contribution in [0.2, 0.25) is 0 Å². The Morgan fingerprint density at radius 2 is 1.71 bits per heavy atom. The highest BCUT2D eigenvalue weighted by Gasteiger charge is 2.24. The fraction of sp³-hybridized carbons (Fsp3) is 0.231. The van der Waals surface area contributed by atoms with Gasteiger partial charge in [0.2, 0.25) is 11.7 Å². The van der Waals surface area contributed by atoms with Crippen LogP contribution in [0.3, 0.4) is 0 Å². The number of hydrazine groups is 1. The quantitative estimate of drug-likeness (QED) is 0.299. The molecule has 3 aromatic carbocycles. The van der Waals surface area contributed by atoms with Crippen molar-refractivity contribution in [1.82, 2.24) is 5.01 Å². The summed E-state index contributed by atoms with van der Waals surface area (Å²) in [6.45, 7) is 4.10. The molecule has 178 valence electrons. The van der Waals surface area contributed by atoms with Crippen LogP contribution >= 0.6 is 0 Å². The largest absolute Gasteiger partial charge is 0.494 e. The summed E-state index contributed by atoms with van der Waals surface area (Å²) >= 11 is 0. The molecule has 0 spiro atoms. The third-order valence-electron chi connectivity index (χ3n) is 5.49. The number of amides is 2. The van der Waals surface area contributed by atoms with Gasteiger partial charge in [-0.05, 0) is 59.9 Å². The molecule has 0 aliphatic carbocycles. The fourth-order valence-electron chi connectivity index (χ4n) is 3.65. The molecule has 2 amide bonds. The van der Waals surface area contributed by atoms with Gasteiger partial charge in [-0.15, -0.1) is 0 Å². The maximum Gasteiger partial charge on any atom is 0.275 e. The topological polar surface area (TPSA) is 81.9 Å². The number of hydrogen-bond acceptors (Lipinski definition) is 5. The molecular formula is C26H26F2N2O4. The zero-order valence-electron chi connectivity index (χ0n) is 19.2. The van der Waals surface area contributed by atoms with E-state index in [-0.39, 0.29) is 16.9 Å². The number of nitrogens with two attached hydrogens (primary N) is 1. The number of carbonyl (C=O) groups excluding carboxylic acids is 2. The Balaban J connectivity index is 1.78. The molecule has 3 aromatic rings. The summed E-state index contributed by atoms with van der Waals surface area (Å²) < 4.78 is 38.1. The van der Waals surface area contributed by atoms with E-state index in [0.717, 1.165) is 17.2 Å². The fourth-order valence-corrected chi connectivity index (χ4v) is 3.65. The van der Waals surface area contributed by atoms with Gasteiger partial charge in [-0.3, -0.25) is 9.59 Å². The number of rotatable bonds is 8. The first kappa shape index (κ1) is 24.9. The maximum absolute atomic E-state index is 13.8. The first-order chi connectivity index (χ1) is 16.3. The standard InChI is InChI=1S/C26H26F2N2O4/c1-4-19-16(2)22(34-15-17-8-6-5-7-9-17)11-10-20(19)26(32)30(29)24(31)14-18-12-21(27)25(28)23(13-18)33-3/h5-13H,4,14-15,29H2,1-3H3. The van der Waals surface area contributed by atoms with Crippen LogP contribution in [0.15, 0.2) is 54.6 Å². The van der Waals surface area contributed by atoms with E-state index in [2.05, 4.69) is 0 Å². The van der Waals surface area contributed by atoms with E-state index < -0.39 is 29.9 Å². The van der Waals surface area contributed by atoms with Crippen LogP contribution in [0.1, 0.15) is 39.5 Å². The summed E-state index contributed by atoms with van der Waals surface area (Å²) in [5, 5.41) is 0.492. The molecule has 3 rings (SSSR count). The monoisotopic (exact) mass is 468 g/mol. The Morgan fingerprint density at radius 1 is 1.00 bits per heavy atom. The molecule has 34 heavy (non-hydrogen) atoms. The van der Waals surface area contributed by atoms with Gasteiger partial charge >= 0.3 is 0 Å². The average molecular weight is 469 g/mol. The highest BCUT2D eigenvalue weighted by atomic mass is 19.2. The average Bonchev–Trinajstić information content (AvgIpc) is 2.84. The lowest BCUT2D eigenvalue weighted by molar-refractivity contribution is -0.128. The van der Waals surface area contributed by atoms with Crippen LogP contribution in [0.4, 0.5) is 8.78 Å². The van der Waals surface area contributed by atoms with E-state index in [9.17, 15) is 18.4 Å². The van der Waals surface area contributed by atoms with Gasteiger partial charge in [0.1, 0.15) is 12.4 Å². The lowest BCUT2D eigenvalue weighted by atomic mass is 9.98. The molecule has 0 aliphatic heterocycles. The minimum atomic E-state index is -1.16. The van der Waals surface area contributed by atoms with Gasteiger partial charge in [-0.25, -0.2) is 15.2 Å². The molecule has 8 heteroatoms. The zero-order valence-corrected chi connectivity index (χ0v) is 19.2. The van der Waals surface area contributed by atoms with E-state index in [1.54, 1.807) is 12.1 Å². The van der Waals surface area contributed by atoms with Gasteiger partial charge in [-0.1, -0.05) is 37.3 Å². The van der Waals surface area contributed by atoms with Crippen molar-refractivity contribution in [3.8, 4) is 11.5 Å². The number of imide groups is 1. The van der Waals surface area contributed by atoms with Crippen LogP contribution in [-0.4, -0.2) is 23.9 Å². The molecule has 0 heterocycles.